The maximum absolute atomic E-state index is 13.1. The summed E-state index contributed by atoms with van der Waals surface area (Å²) >= 11 is 7.38. The van der Waals surface area contributed by atoms with Gasteiger partial charge in [-0.05, 0) is 48.6 Å². The monoisotopic (exact) mass is 474 g/mol. The van der Waals surface area contributed by atoms with Crippen molar-refractivity contribution in [1.82, 2.24) is 9.29 Å². The molecule has 1 aliphatic heterocycles. The highest BCUT2D eigenvalue weighted by molar-refractivity contribution is 7.89. The van der Waals surface area contributed by atoms with Gasteiger partial charge in [0, 0.05) is 29.1 Å². The summed E-state index contributed by atoms with van der Waals surface area (Å²) in [5, 5.41) is 7.34. The molecule has 1 atom stereocenters. The van der Waals surface area contributed by atoms with E-state index in [1.165, 1.54) is 11.3 Å². The van der Waals surface area contributed by atoms with Gasteiger partial charge in [-0.2, -0.15) is 9.41 Å². The first kappa shape index (κ1) is 22.0. The molecule has 1 N–H and O–H groups in total. The second-order valence-electron chi connectivity index (χ2n) is 7.60. The van der Waals surface area contributed by atoms with Gasteiger partial charge in [0.2, 0.25) is 15.2 Å². The molecule has 0 radical (unpaired) electrons. The molecule has 0 amide bonds. The average Bonchev–Trinajstić information content (AvgIpc) is 3.23. The van der Waals surface area contributed by atoms with Gasteiger partial charge in [-0.3, -0.25) is 5.43 Å². The van der Waals surface area contributed by atoms with E-state index in [4.69, 9.17) is 11.6 Å². The third kappa shape index (κ3) is 5.33. The highest BCUT2D eigenvalue weighted by Crippen LogP contribution is 2.29. The van der Waals surface area contributed by atoms with Gasteiger partial charge < -0.3 is 0 Å². The van der Waals surface area contributed by atoms with Gasteiger partial charge in [0.1, 0.15) is 0 Å². The van der Waals surface area contributed by atoms with Crippen molar-refractivity contribution in [3.05, 3.63) is 64.5 Å². The largest absolute Gasteiger partial charge is 0.253 e. The van der Waals surface area contributed by atoms with Gasteiger partial charge in [-0.1, -0.05) is 42.8 Å². The van der Waals surface area contributed by atoms with E-state index in [2.05, 4.69) is 22.4 Å². The van der Waals surface area contributed by atoms with Crippen molar-refractivity contribution in [3.63, 3.8) is 0 Å². The number of hydrazone groups is 1. The standard InChI is InChI=1S/C22H23ClN4O2S2/c1-16-5-4-10-27(14-16)31(28,29)20-9-3-7-18(12-20)21-15-30-22(25-21)26-24-13-17-6-2-8-19(23)11-17/h2-3,6-9,11-13,15-16H,4-5,10,14H2,1H3,(H,25,26)/b24-13+. The van der Waals surface area contributed by atoms with Crippen molar-refractivity contribution in [2.75, 3.05) is 18.5 Å². The molecular formula is C22H23ClN4O2S2. The highest BCUT2D eigenvalue weighted by Gasteiger charge is 2.28. The van der Waals surface area contributed by atoms with Gasteiger partial charge in [-0.25, -0.2) is 13.4 Å². The fourth-order valence-corrected chi connectivity index (χ4v) is 6.05. The lowest BCUT2D eigenvalue weighted by Gasteiger charge is -2.30. The Kier molecular flexibility index (Phi) is 6.71. The number of anilines is 1. The molecule has 1 aromatic heterocycles. The van der Waals surface area contributed by atoms with E-state index in [0.717, 1.165) is 24.0 Å². The molecule has 0 saturated carbocycles. The Balaban J connectivity index is 1.49. The van der Waals surface area contributed by atoms with Gasteiger partial charge in [0.05, 0.1) is 16.8 Å². The second kappa shape index (κ2) is 9.48. The van der Waals surface area contributed by atoms with E-state index in [0.29, 0.717) is 39.8 Å². The SMILES string of the molecule is CC1CCCN(S(=O)(=O)c2cccc(-c3csc(N/N=C/c4cccc(Cl)c4)n3)c2)C1. The highest BCUT2D eigenvalue weighted by atomic mass is 35.5. The van der Waals surface area contributed by atoms with Crippen molar-refractivity contribution in [2.24, 2.45) is 11.0 Å². The summed E-state index contributed by atoms with van der Waals surface area (Å²) in [6.07, 6.45) is 3.64. The summed E-state index contributed by atoms with van der Waals surface area (Å²) in [6, 6.07) is 14.4. The van der Waals surface area contributed by atoms with Crippen LogP contribution in [0.1, 0.15) is 25.3 Å². The van der Waals surface area contributed by atoms with E-state index >= 15 is 0 Å². The van der Waals surface area contributed by atoms with Crippen LogP contribution in [0.3, 0.4) is 0 Å². The Morgan fingerprint density at radius 3 is 2.90 bits per heavy atom. The first-order valence-corrected chi connectivity index (χ1v) is 12.7. The van der Waals surface area contributed by atoms with Crippen LogP contribution in [0.5, 0.6) is 0 Å². The summed E-state index contributed by atoms with van der Waals surface area (Å²) in [4.78, 5) is 4.84. The van der Waals surface area contributed by atoms with Gasteiger partial charge in [-0.15, -0.1) is 11.3 Å². The molecule has 162 valence electrons. The van der Waals surface area contributed by atoms with Crippen LogP contribution < -0.4 is 5.43 Å². The van der Waals surface area contributed by atoms with Crippen LogP contribution in [0.15, 0.2) is 63.9 Å². The van der Waals surface area contributed by atoms with Crippen LogP contribution in [0.4, 0.5) is 5.13 Å². The lowest BCUT2D eigenvalue weighted by molar-refractivity contribution is 0.281. The number of hydrogen-bond acceptors (Lipinski definition) is 6. The Morgan fingerprint density at radius 2 is 2.10 bits per heavy atom. The van der Waals surface area contributed by atoms with E-state index in [1.807, 2.05) is 29.6 Å². The summed E-state index contributed by atoms with van der Waals surface area (Å²) in [5.41, 5.74) is 5.25. The van der Waals surface area contributed by atoms with Gasteiger partial charge in [0.25, 0.3) is 0 Å². The number of aromatic nitrogens is 1. The molecule has 9 heteroatoms. The van der Waals surface area contributed by atoms with Crippen molar-refractivity contribution in [2.45, 2.75) is 24.7 Å². The maximum atomic E-state index is 13.1. The second-order valence-corrected chi connectivity index (χ2v) is 10.8. The van der Waals surface area contributed by atoms with Crippen molar-refractivity contribution >= 4 is 44.3 Å². The molecule has 0 aliphatic carbocycles. The normalized spacial score (nSPS) is 17.8. The Bertz CT molecular complexity index is 1190. The summed E-state index contributed by atoms with van der Waals surface area (Å²) < 4.78 is 27.8. The molecule has 1 unspecified atom stereocenters. The van der Waals surface area contributed by atoms with Crippen molar-refractivity contribution in [3.8, 4) is 11.3 Å². The average molecular weight is 475 g/mol. The number of piperidine rings is 1. The zero-order chi connectivity index (χ0) is 21.8. The molecule has 2 heterocycles. The number of halogens is 1. The van der Waals surface area contributed by atoms with Crippen molar-refractivity contribution in [1.29, 1.82) is 0 Å². The van der Waals surface area contributed by atoms with Crippen LogP contribution in [0.2, 0.25) is 5.02 Å². The molecule has 2 aromatic carbocycles. The molecule has 1 aliphatic rings. The van der Waals surface area contributed by atoms with E-state index in [-0.39, 0.29) is 0 Å². The predicted molar refractivity (Wildman–Crippen MR) is 127 cm³/mol. The maximum Gasteiger partial charge on any atom is 0.243 e. The molecule has 0 bridgehead atoms. The van der Waals surface area contributed by atoms with Crippen LogP contribution in [-0.4, -0.2) is 37.0 Å². The van der Waals surface area contributed by atoms with Crippen molar-refractivity contribution < 1.29 is 8.42 Å². The number of hydrogen-bond donors (Lipinski definition) is 1. The molecule has 31 heavy (non-hydrogen) atoms. The first-order valence-electron chi connectivity index (χ1n) is 10.0. The summed E-state index contributed by atoms with van der Waals surface area (Å²) in [6.45, 7) is 3.24. The van der Waals surface area contributed by atoms with Crippen LogP contribution >= 0.6 is 22.9 Å². The predicted octanol–water partition coefficient (Wildman–Crippen LogP) is 5.33. The number of nitrogens with zero attached hydrogens (tertiary/aromatic N) is 3. The van der Waals surface area contributed by atoms with E-state index in [1.54, 1.807) is 34.8 Å². The third-order valence-corrected chi connectivity index (χ3v) is 7.96. The lowest BCUT2D eigenvalue weighted by Crippen LogP contribution is -2.39. The lowest BCUT2D eigenvalue weighted by atomic mass is 10.0. The minimum atomic E-state index is -3.51. The first-order chi connectivity index (χ1) is 14.9. The smallest absolute Gasteiger partial charge is 0.243 e. The molecule has 0 spiro atoms. The molecular weight excluding hydrogens is 452 g/mol. The molecule has 1 fully saturated rings. The summed E-state index contributed by atoms with van der Waals surface area (Å²) in [7, 11) is -3.51. The Morgan fingerprint density at radius 1 is 1.26 bits per heavy atom. The van der Waals surface area contributed by atoms with Crippen LogP contribution in [0.25, 0.3) is 11.3 Å². The molecule has 6 nitrogen and oxygen atoms in total. The third-order valence-electron chi connectivity index (χ3n) is 5.11. The Hall–Kier alpha value is -2.26. The topological polar surface area (TPSA) is 74.7 Å². The zero-order valence-electron chi connectivity index (χ0n) is 17.0. The van der Waals surface area contributed by atoms with E-state index in [9.17, 15) is 8.42 Å². The van der Waals surface area contributed by atoms with Gasteiger partial charge in [0.15, 0.2) is 0 Å². The molecule has 4 rings (SSSR count). The Labute approximate surface area is 191 Å². The molecule has 3 aromatic rings. The minimum absolute atomic E-state index is 0.306. The number of sulfonamides is 1. The number of benzene rings is 2. The van der Waals surface area contributed by atoms with Crippen LogP contribution in [0, 0.1) is 5.92 Å². The van der Waals surface area contributed by atoms with Gasteiger partial charge >= 0.3 is 0 Å². The molecule has 1 saturated heterocycles. The minimum Gasteiger partial charge on any atom is -0.253 e. The fourth-order valence-electron chi connectivity index (χ4n) is 3.54. The summed E-state index contributed by atoms with van der Waals surface area (Å²) in [5.74, 6) is 0.381. The number of thiazole rings is 1. The van der Waals surface area contributed by atoms with Crippen LogP contribution in [-0.2, 0) is 10.0 Å². The quantitative estimate of drug-likeness (QED) is 0.387. The fraction of sp³-hybridized carbons (Fsp3) is 0.273. The number of nitrogens with one attached hydrogen (secondary N) is 1. The van der Waals surface area contributed by atoms with E-state index < -0.39 is 10.0 Å². The number of rotatable bonds is 6. The zero-order valence-corrected chi connectivity index (χ0v) is 19.4.